The summed E-state index contributed by atoms with van der Waals surface area (Å²) in [5, 5.41) is 5.56. The molecule has 0 aliphatic carbocycles. The number of hydrogen-bond acceptors (Lipinski definition) is 5. The minimum atomic E-state index is -0.514. The zero-order valence-electron chi connectivity index (χ0n) is 11.9. The van der Waals surface area contributed by atoms with Gasteiger partial charge in [-0.2, -0.15) is 0 Å². The third kappa shape index (κ3) is 12.9. The maximum atomic E-state index is 11.3. The quantitative estimate of drug-likeness (QED) is 0.571. The Bertz CT molecular complexity index is 326. The van der Waals surface area contributed by atoms with Gasteiger partial charge in [0, 0.05) is 19.9 Å². The molecule has 0 aliphatic heterocycles. The highest BCUT2D eigenvalue weighted by Crippen LogP contribution is 2.06. The van der Waals surface area contributed by atoms with Gasteiger partial charge in [0.1, 0.15) is 12.2 Å². The molecule has 0 rings (SSSR count). The minimum Gasteiger partial charge on any atom is -0.485 e. The van der Waals surface area contributed by atoms with Crippen molar-refractivity contribution in [1.82, 2.24) is 10.6 Å². The summed E-state index contributed by atoms with van der Waals surface area (Å²) in [5.41, 5.74) is -0.514. The molecule has 0 spiro atoms. The fourth-order valence-electron chi connectivity index (χ4n) is 1.04. The molecule has 0 aromatic rings. The van der Waals surface area contributed by atoms with Crippen LogP contribution in [0, 0.1) is 0 Å². The van der Waals surface area contributed by atoms with Crippen molar-refractivity contribution in [2.24, 2.45) is 0 Å². The zero-order chi connectivity index (χ0) is 14.9. The van der Waals surface area contributed by atoms with Crippen molar-refractivity contribution in [3.63, 3.8) is 0 Å². The second kappa shape index (κ2) is 8.68. The van der Waals surface area contributed by atoms with Gasteiger partial charge in [0.25, 0.3) is 0 Å². The van der Waals surface area contributed by atoms with E-state index in [2.05, 4.69) is 10.6 Å². The lowest BCUT2D eigenvalue weighted by molar-refractivity contribution is -0.119. The van der Waals surface area contributed by atoms with E-state index in [0.29, 0.717) is 31.2 Å². The molecule has 0 fully saturated rings. The van der Waals surface area contributed by atoms with Gasteiger partial charge in [0.05, 0.1) is 6.54 Å². The summed E-state index contributed by atoms with van der Waals surface area (Å²) in [6.07, 6.45) is -0.0530. The molecule has 19 heavy (non-hydrogen) atoms. The number of rotatable bonds is 6. The molecule has 0 atom stereocenters. The maximum absolute atomic E-state index is 11.3. The third-order valence-corrected chi connectivity index (χ3v) is 2.06. The molecule has 7 heteroatoms. The minimum absolute atomic E-state index is 0.110. The standard InChI is InChI=1S/C12H22N2O4S/c1-9(15)13-7-8-17-10(19)5-6-14-11(16)18-12(2,3)4/h5-8H2,1-4H3,(H,13,15)(H,14,16). The Morgan fingerprint density at radius 1 is 1.16 bits per heavy atom. The van der Waals surface area contributed by atoms with Gasteiger partial charge in [-0.25, -0.2) is 4.79 Å². The number of hydrogen-bond donors (Lipinski definition) is 2. The first-order chi connectivity index (χ1) is 8.70. The highest BCUT2D eigenvalue weighted by Gasteiger charge is 2.15. The summed E-state index contributed by atoms with van der Waals surface area (Å²) in [5.74, 6) is -0.110. The second-order valence-electron chi connectivity index (χ2n) is 4.88. The van der Waals surface area contributed by atoms with Crippen LogP contribution in [0.2, 0.25) is 0 Å². The number of carbonyl (C=O) groups excluding carboxylic acids is 2. The molecule has 0 heterocycles. The molecule has 0 bridgehead atoms. The maximum Gasteiger partial charge on any atom is 0.407 e. The molecule has 0 saturated carbocycles. The summed E-state index contributed by atoms with van der Waals surface area (Å²) in [6.45, 7) is 7.91. The van der Waals surface area contributed by atoms with Crippen LogP contribution in [-0.4, -0.2) is 42.3 Å². The molecule has 0 aromatic carbocycles. The molecule has 2 N–H and O–H groups in total. The van der Waals surface area contributed by atoms with E-state index in [9.17, 15) is 9.59 Å². The van der Waals surface area contributed by atoms with Crippen LogP contribution in [0.3, 0.4) is 0 Å². The van der Waals surface area contributed by atoms with E-state index in [1.54, 1.807) is 20.8 Å². The van der Waals surface area contributed by atoms with Gasteiger partial charge in [0.2, 0.25) is 5.91 Å². The predicted molar refractivity (Wildman–Crippen MR) is 76.1 cm³/mol. The van der Waals surface area contributed by atoms with Crippen LogP contribution in [0.15, 0.2) is 0 Å². The van der Waals surface area contributed by atoms with Crippen LogP contribution in [0.5, 0.6) is 0 Å². The Morgan fingerprint density at radius 3 is 2.32 bits per heavy atom. The monoisotopic (exact) mass is 290 g/mol. The second-order valence-corrected chi connectivity index (χ2v) is 5.34. The average molecular weight is 290 g/mol. The van der Waals surface area contributed by atoms with Gasteiger partial charge in [0.15, 0.2) is 5.05 Å². The molecule has 2 amide bonds. The molecule has 6 nitrogen and oxygen atoms in total. The third-order valence-electron chi connectivity index (χ3n) is 1.74. The average Bonchev–Trinajstić information content (AvgIpc) is 2.21. The molecular formula is C12H22N2O4S. The van der Waals surface area contributed by atoms with E-state index in [4.69, 9.17) is 21.7 Å². The Balaban J connectivity index is 3.58. The Labute approximate surface area is 119 Å². The molecule has 0 aromatic heterocycles. The Morgan fingerprint density at radius 2 is 1.79 bits per heavy atom. The summed E-state index contributed by atoms with van der Waals surface area (Å²) >= 11 is 4.97. The van der Waals surface area contributed by atoms with Crippen molar-refractivity contribution < 1.29 is 19.1 Å². The van der Waals surface area contributed by atoms with E-state index >= 15 is 0 Å². The van der Waals surface area contributed by atoms with E-state index in [1.807, 2.05) is 0 Å². The SMILES string of the molecule is CC(=O)NCCOC(=S)CCNC(=O)OC(C)(C)C. The molecule has 0 saturated heterocycles. The van der Waals surface area contributed by atoms with E-state index < -0.39 is 11.7 Å². The first-order valence-electron chi connectivity index (χ1n) is 6.07. The van der Waals surface area contributed by atoms with E-state index in [0.717, 1.165) is 0 Å². The number of alkyl carbamates (subject to hydrolysis) is 1. The number of thiocarbonyl (C=S) groups is 1. The van der Waals surface area contributed by atoms with Gasteiger partial charge in [-0.05, 0) is 33.0 Å². The van der Waals surface area contributed by atoms with Crippen molar-refractivity contribution in [2.75, 3.05) is 19.7 Å². The fraction of sp³-hybridized carbons (Fsp3) is 0.750. The van der Waals surface area contributed by atoms with Crippen LogP contribution in [-0.2, 0) is 14.3 Å². The van der Waals surface area contributed by atoms with Gasteiger partial charge >= 0.3 is 6.09 Å². The van der Waals surface area contributed by atoms with Gasteiger partial charge in [-0.15, -0.1) is 0 Å². The zero-order valence-corrected chi connectivity index (χ0v) is 12.7. The molecule has 0 aliphatic rings. The largest absolute Gasteiger partial charge is 0.485 e. The van der Waals surface area contributed by atoms with Crippen LogP contribution in [0.4, 0.5) is 4.79 Å². The summed E-state index contributed by atoms with van der Waals surface area (Å²) < 4.78 is 10.3. The molecule has 0 unspecified atom stereocenters. The highest BCUT2D eigenvalue weighted by atomic mass is 32.1. The number of carbonyl (C=O) groups is 2. The first kappa shape index (κ1) is 17.6. The van der Waals surface area contributed by atoms with Gasteiger partial charge in [-0.3, -0.25) is 4.79 Å². The lowest BCUT2D eigenvalue weighted by atomic mass is 10.2. The number of ether oxygens (including phenoxy) is 2. The van der Waals surface area contributed by atoms with Gasteiger partial charge < -0.3 is 20.1 Å². The lowest BCUT2D eigenvalue weighted by Crippen LogP contribution is -2.33. The first-order valence-corrected chi connectivity index (χ1v) is 6.48. The summed E-state index contributed by atoms with van der Waals surface area (Å²) in [4.78, 5) is 21.9. The topological polar surface area (TPSA) is 76.7 Å². The van der Waals surface area contributed by atoms with Crippen LogP contribution >= 0.6 is 12.2 Å². The molecule has 110 valence electrons. The van der Waals surface area contributed by atoms with E-state index in [1.165, 1.54) is 6.92 Å². The Hall–Kier alpha value is -1.37. The van der Waals surface area contributed by atoms with Crippen LogP contribution in [0.25, 0.3) is 0 Å². The molecule has 0 radical (unpaired) electrons. The van der Waals surface area contributed by atoms with Crippen molar-refractivity contribution in [1.29, 1.82) is 0 Å². The number of nitrogens with one attached hydrogen (secondary N) is 2. The highest BCUT2D eigenvalue weighted by molar-refractivity contribution is 7.80. The Kier molecular flexibility index (Phi) is 8.06. The molecular weight excluding hydrogens is 268 g/mol. The summed E-state index contributed by atoms with van der Waals surface area (Å²) in [6, 6.07) is 0. The van der Waals surface area contributed by atoms with Crippen molar-refractivity contribution in [3.8, 4) is 0 Å². The van der Waals surface area contributed by atoms with Crippen molar-refractivity contribution >= 4 is 29.3 Å². The number of amides is 2. The smallest absolute Gasteiger partial charge is 0.407 e. The van der Waals surface area contributed by atoms with Crippen LogP contribution in [0.1, 0.15) is 34.1 Å². The predicted octanol–water partition coefficient (Wildman–Crippen LogP) is 1.38. The summed E-state index contributed by atoms with van der Waals surface area (Å²) in [7, 11) is 0. The van der Waals surface area contributed by atoms with Crippen molar-refractivity contribution in [2.45, 2.75) is 39.7 Å². The van der Waals surface area contributed by atoms with E-state index in [-0.39, 0.29) is 5.91 Å². The normalized spacial score (nSPS) is 10.5. The van der Waals surface area contributed by atoms with Gasteiger partial charge in [-0.1, -0.05) is 0 Å². The van der Waals surface area contributed by atoms with Crippen LogP contribution < -0.4 is 10.6 Å². The van der Waals surface area contributed by atoms with Crippen molar-refractivity contribution in [3.05, 3.63) is 0 Å². The fourth-order valence-corrected chi connectivity index (χ4v) is 1.23. The lowest BCUT2D eigenvalue weighted by Gasteiger charge is -2.19.